The molecule has 0 aromatic carbocycles. The van der Waals surface area contributed by atoms with E-state index in [0.29, 0.717) is 5.95 Å². The van der Waals surface area contributed by atoms with Crippen LogP contribution in [0.5, 0.6) is 0 Å². The Morgan fingerprint density at radius 2 is 1.81 bits per heavy atom. The van der Waals surface area contributed by atoms with E-state index in [2.05, 4.69) is 60.9 Å². The molecule has 1 aliphatic rings. The first kappa shape index (κ1) is 16.0. The summed E-state index contributed by atoms with van der Waals surface area (Å²) in [7, 11) is 0. The maximum absolute atomic E-state index is 6.14. The summed E-state index contributed by atoms with van der Waals surface area (Å²) in [5, 5.41) is 3.28. The van der Waals surface area contributed by atoms with Crippen LogP contribution in [0.15, 0.2) is 6.07 Å². The molecule has 5 heteroatoms. The zero-order chi connectivity index (χ0) is 15.7. The summed E-state index contributed by atoms with van der Waals surface area (Å²) in [5.41, 5.74) is 0.621. The molecule has 0 radical (unpaired) electrons. The molecule has 5 nitrogen and oxygen atoms in total. The number of anilines is 2. The van der Waals surface area contributed by atoms with Gasteiger partial charge in [-0.3, -0.25) is 0 Å². The molecule has 1 N–H and O–H groups in total. The molecule has 118 valence electrons. The smallest absolute Gasteiger partial charge is 0.224 e. The molecule has 2 rings (SSSR count). The van der Waals surface area contributed by atoms with Gasteiger partial charge in [0.2, 0.25) is 5.95 Å². The predicted molar refractivity (Wildman–Crippen MR) is 87.0 cm³/mol. The van der Waals surface area contributed by atoms with Crippen LogP contribution in [0.25, 0.3) is 0 Å². The van der Waals surface area contributed by atoms with Crippen LogP contribution in [-0.4, -0.2) is 40.8 Å². The second kappa shape index (κ2) is 5.79. The first-order valence-electron chi connectivity index (χ1n) is 7.75. The van der Waals surface area contributed by atoms with Gasteiger partial charge >= 0.3 is 0 Å². The first-order chi connectivity index (χ1) is 9.71. The molecule has 0 amide bonds. The lowest BCUT2D eigenvalue weighted by molar-refractivity contribution is -0.133. The fourth-order valence-corrected chi connectivity index (χ4v) is 2.98. The average Bonchev–Trinajstić information content (AvgIpc) is 2.32. The Hall–Kier alpha value is -1.36. The van der Waals surface area contributed by atoms with Crippen LogP contribution in [-0.2, 0) is 4.74 Å². The zero-order valence-electron chi connectivity index (χ0n) is 14.2. The van der Waals surface area contributed by atoms with Crippen molar-refractivity contribution in [2.45, 2.75) is 59.2 Å². The van der Waals surface area contributed by atoms with E-state index >= 15 is 0 Å². The molecule has 1 aromatic rings. The van der Waals surface area contributed by atoms with Gasteiger partial charge in [0.15, 0.2) is 0 Å². The summed E-state index contributed by atoms with van der Waals surface area (Å²) < 4.78 is 6.14. The highest BCUT2D eigenvalue weighted by Gasteiger charge is 2.38. The van der Waals surface area contributed by atoms with Crippen molar-refractivity contribution in [2.75, 3.05) is 29.9 Å². The SMILES string of the molecule is CCCNc1nc(C)cc(N2CC(C)(C)OC(C)(C)C2)n1. The average molecular weight is 292 g/mol. The number of nitrogens with one attached hydrogen (secondary N) is 1. The molecule has 0 saturated carbocycles. The standard InChI is InChI=1S/C16H28N4O/c1-7-8-17-14-18-12(2)9-13(19-14)20-10-15(3,4)21-16(5,6)11-20/h9H,7-8,10-11H2,1-6H3,(H,17,18,19). The summed E-state index contributed by atoms with van der Waals surface area (Å²) in [4.78, 5) is 11.4. The number of hydrogen-bond donors (Lipinski definition) is 1. The van der Waals surface area contributed by atoms with Crippen molar-refractivity contribution in [2.24, 2.45) is 0 Å². The maximum Gasteiger partial charge on any atom is 0.224 e. The molecular formula is C16H28N4O. The van der Waals surface area contributed by atoms with Crippen LogP contribution in [0.1, 0.15) is 46.7 Å². The Kier molecular flexibility index (Phi) is 4.42. The Bertz CT molecular complexity index is 483. The number of morpholine rings is 1. The number of rotatable bonds is 4. The number of nitrogens with zero attached hydrogens (tertiary/aromatic N) is 3. The predicted octanol–water partition coefficient (Wildman–Crippen LogP) is 3.00. The summed E-state index contributed by atoms with van der Waals surface area (Å²) in [5.74, 6) is 1.69. The molecule has 0 atom stereocenters. The fourth-order valence-electron chi connectivity index (χ4n) is 2.98. The van der Waals surface area contributed by atoms with E-state index in [1.54, 1.807) is 0 Å². The molecule has 1 fully saturated rings. The minimum Gasteiger partial charge on any atom is -0.366 e. The lowest BCUT2D eigenvalue weighted by Gasteiger charge is -2.47. The van der Waals surface area contributed by atoms with Gasteiger partial charge in [-0.25, -0.2) is 4.98 Å². The zero-order valence-corrected chi connectivity index (χ0v) is 14.2. The van der Waals surface area contributed by atoms with Crippen molar-refractivity contribution in [1.29, 1.82) is 0 Å². The van der Waals surface area contributed by atoms with Gasteiger partial charge in [-0.05, 0) is 41.0 Å². The third kappa shape index (κ3) is 4.30. The molecule has 0 bridgehead atoms. The molecule has 1 aromatic heterocycles. The lowest BCUT2D eigenvalue weighted by atomic mass is 9.99. The Morgan fingerprint density at radius 1 is 1.19 bits per heavy atom. The third-order valence-corrected chi connectivity index (χ3v) is 3.39. The van der Waals surface area contributed by atoms with Crippen molar-refractivity contribution in [3.63, 3.8) is 0 Å². The van der Waals surface area contributed by atoms with Crippen molar-refractivity contribution in [3.05, 3.63) is 11.8 Å². The van der Waals surface area contributed by atoms with Crippen molar-refractivity contribution < 1.29 is 4.74 Å². The molecule has 0 spiro atoms. The van der Waals surface area contributed by atoms with Crippen LogP contribution in [0.2, 0.25) is 0 Å². The second-order valence-electron chi connectivity index (χ2n) is 7.10. The van der Waals surface area contributed by atoms with Gasteiger partial charge in [-0.1, -0.05) is 6.92 Å². The molecule has 1 saturated heterocycles. The van der Waals surface area contributed by atoms with Gasteiger partial charge in [-0.15, -0.1) is 0 Å². The van der Waals surface area contributed by atoms with Gasteiger partial charge in [-0.2, -0.15) is 4.98 Å². The van der Waals surface area contributed by atoms with E-state index in [1.165, 1.54) is 0 Å². The fraction of sp³-hybridized carbons (Fsp3) is 0.750. The quantitative estimate of drug-likeness (QED) is 0.924. The minimum atomic E-state index is -0.183. The van der Waals surface area contributed by atoms with E-state index in [0.717, 1.165) is 37.6 Å². The lowest BCUT2D eigenvalue weighted by Crippen LogP contribution is -2.57. The van der Waals surface area contributed by atoms with Crippen LogP contribution in [0.4, 0.5) is 11.8 Å². The second-order valence-corrected chi connectivity index (χ2v) is 7.10. The Labute approximate surface area is 128 Å². The van der Waals surface area contributed by atoms with Crippen LogP contribution >= 0.6 is 0 Å². The van der Waals surface area contributed by atoms with Gasteiger partial charge in [0, 0.05) is 31.4 Å². The first-order valence-corrected chi connectivity index (χ1v) is 7.75. The Morgan fingerprint density at radius 3 is 2.38 bits per heavy atom. The van der Waals surface area contributed by atoms with E-state index in [1.807, 2.05) is 6.92 Å². The van der Waals surface area contributed by atoms with Crippen molar-refractivity contribution in [1.82, 2.24) is 9.97 Å². The van der Waals surface area contributed by atoms with Crippen LogP contribution in [0, 0.1) is 6.92 Å². The van der Waals surface area contributed by atoms with Crippen LogP contribution < -0.4 is 10.2 Å². The highest BCUT2D eigenvalue weighted by molar-refractivity contribution is 5.46. The topological polar surface area (TPSA) is 50.3 Å². The van der Waals surface area contributed by atoms with Gasteiger partial charge < -0.3 is 15.0 Å². The third-order valence-electron chi connectivity index (χ3n) is 3.39. The summed E-state index contributed by atoms with van der Waals surface area (Å²) in [6, 6.07) is 2.05. The largest absolute Gasteiger partial charge is 0.366 e. The molecule has 0 unspecified atom stereocenters. The van der Waals surface area contributed by atoms with Gasteiger partial charge in [0.1, 0.15) is 5.82 Å². The molecule has 1 aliphatic heterocycles. The number of aromatic nitrogens is 2. The molecule has 0 aliphatic carbocycles. The number of ether oxygens (including phenoxy) is 1. The van der Waals surface area contributed by atoms with Crippen LogP contribution in [0.3, 0.4) is 0 Å². The van der Waals surface area contributed by atoms with E-state index in [4.69, 9.17) is 4.74 Å². The maximum atomic E-state index is 6.14. The Balaban J connectivity index is 2.26. The molecular weight excluding hydrogens is 264 g/mol. The van der Waals surface area contributed by atoms with E-state index in [-0.39, 0.29) is 11.2 Å². The van der Waals surface area contributed by atoms with Gasteiger partial charge in [0.05, 0.1) is 11.2 Å². The summed E-state index contributed by atoms with van der Waals surface area (Å²) in [6.07, 6.45) is 1.06. The van der Waals surface area contributed by atoms with Crippen molar-refractivity contribution >= 4 is 11.8 Å². The summed E-state index contributed by atoms with van der Waals surface area (Å²) in [6.45, 7) is 15.2. The van der Waals surface area contributed by atoms with Gasteiger partial charge in [0.25, 0.3) is 0 Å². The highest BCUT2D eigenvalue weighted by Crippen LogP contribution is 2.31. The normalized spacial score (nSPS) is 20.4. The monoisotopic (exact) mass is 292 g/mol. The minimum absolute atomic E-state index is 0.183. The van der Waals surface area contributed by atoms with E-state index < -0.39 is 0 Å². The molecule has 21 heavy (non-hydrogen) atoms. The van der Waals surface area contributed by atoms with E-state index in [9.17, 15) is 0 Å². The molecule has 2 heterocycles. The summed E-state index contributed by atoms with van der Waals surface area (Å²) >= 11 is 0. The van der Waals surface area contributed by atoms with Crippen molar-refractivity contribution in [3.8, 4) is 0 Å². The number of aryl methyl sites for hydroxylation is 1. The highest BCUT2D eigenvalue weighted by atomic mass is 16.5. The number of hydrogen-bond acceptors (Lipinski definition) is 5.